The summed E-state index contributed by atoms with van der Waals surface area (Å²) in [5.74, 6) is 2.18. The van der Waals surface area contributed by atoms with Gasteiger partial charge in [-0.15, -0.1) is 11.8 Å². The minimum Gasteiger partial charge on any atom is -0.493 e. The third kappa shape index (κ3) is 7.25. The van der Waals surface area contributed by atoms with E-state index in [1.165, 1.54) is 0 Å². The van der Waals surface area contributed by atoms with Gasteiger partial charge in [-0.25, -0.2) is 4.98 Å². The molecule has 2 aromatic rings. The zero-order chi connectivity index (χ0) is 21.1. The quantitative estimate of drug-likeness (QED) is 0.529. The first kappa shape index (κ1) is 23.0. The second-order valence-electron chi connectivity index (χ2n) is 6.36. The molecule has 158 valence electrons. The molecule has 0 radical (unpaired) electrons. The van der Waals surface area contributed by atoms with Gasteiger partial charge < -0.3 is 19.7 Å². The molecular weight excluding hydrogens is 386 g/mol. The number of rotatable bonds is 12. The Labute approximate surface area is 178 Å². The van der Waals surface area contributed by atoms with Gasteiger partial charge in [0.1, 0.15) is 6.61 Å². The first-order chi connectivity index (χ1) is 14.1. The van der Waals surface area contributed by atoms with Crippen molar-refractivity contribution in [1.82, 2.24) is 15.2 Å². The van der Waals surface area contributed by atoms with Crippen LogP contribution in [0.15, 0.2) is 41.6 Å². The van der Waals surface area contributed by atoms with Crippen molar-refractivity contribution in [3.05, 3.63) is 47.7 Å². The number of nitrogens with zero attached hydrogens (tertiary/aromatic N) is 2. The lowest BCUT2D eigenvalue weighted by atomic mass is 10.2. The Balaban J connectivity index is 1.94. The van der Waals surface area contributed by atoms with Crippen LogP contribution in [0.25, 0.3) is 0 Å². The topological polar surface area (TPSA) is 63.7 Å². The fourth-order valence-corrected chi connectivity index (χ4v) is 3.47. The van der Waals surface area contributed by atoms with Crippen molar-refractivity contribution in [1.29, 1.82) is 0 Å². The normalized spacial score (nSPS) is 10.8. The van der Waals surface area contributed by atoms with E-state index in [0.717, 1.165) is 36.0 Å². The zero-order valence-electron chi connectivity index (χ0n) is 17.7. The van der Waals surface area contributed by atoms with Gasteiger partial charge in [-0.3, -0.25) is 4.79 Å². The van der Waals surface area contributed by atoms with Crippen molar-refractivity contribution in [2.75, 3.05) is 39.1 Å². The average Bonchev–Trinajstić information content (AvgIpc) is 2.76. The largest absolute Gasteiger partial charge is 0.493 e. The summed E-state index contributed by atoms with van der Waals surface area (Å²) < 4.78 is 11.4. The lowest BCUT2D eigenvalue weighted by Crippen LogP contribution is -2.28. The third-order valence-corrected chi connectivity index (χ3v) is 5.34. The molecule has 0 fully saturated rings. The summed E-state index contributed by atoms with van der Waals surface area (Å²) in [4.78, 5) is 19.0. The van der Waals surface area contributed by atoms with Gasteiger partial charge >= 0.3 is 0 Å². The molecule has 1 heterocycles. The molecule has 29 heavy (non-hydrogen) atoms. The van der Waals surface area contributed by atoms with E-state index in [4.69, 9.17) is 9.47 Å². The van der Waals surface area contributed by atoms with Crippen LogP contribution in [0.4, 0.5) is 0 Å². The van der Waals surface area contributed by atoms with Crippen LogP contribution in [0.1, 0.15) is 36.7 Å². The molecule has 0 atom stereocenters. The van der Waals surface area contributed by atoms with Crippen molar-refractivity contribution >= 4 is 17.7 Å². The predicted molar refractivity (Wildman–Crippen MR) is 118 cm³/mol. The van der Waals surface area contributed by atoms with Crippen LogP contribution in [-0.4, -0.2) is 54.9 Å². The average molecular weight is 418 g/mol. The summed E-state index contributed by atoms with van der Waals surface area (Å²) in [5.41, 5.74) is 1.56. The van der Waals surface area contributed by atoms with Crippen LogP contribution in [0.2, 0.25) is 0 Å². The monoisotopic (exact) mass is 417 g/mol. The Kier molecular flexibility index (Phi) is 9.80. The molecule has 0 aliphatic heterocycles. The molecule has 2 rings (SSSR count). The summed E-state index contributed by atoms with van der Waals surface area (Å²) in [6, 6.07) is 9.28. The van der Waals surface area contributed by atoms with E-state index < -0.39 is 0 Å². The van der Waals surface area contributed by atoms with Crippen molar-refractivity contribution in [3.63, 3.8) is 0 Å². The summed E-state index contributed by atoms with van der Waals surface area (Å²) in [5, 5.41) is 3.80. The van der Waals surface area contributed by atoms with Gasteiger partial charge in [0.05, 0.1) is 12.1 Å². The number of likely N-dealkylation sites (N-methyl/N-ethyl adjacent to an activating group) is 1. The van der Waals surface area contributed by atoms with E-state index >= 15 is 0 Å². The first-order valence-electron chi connectivity index (χ1n) is 10.00. The Hall–Kier alpha value is -2.25. The van der Waals surface area contributed by atoms with Gasteiger partial charge in [-0.05, 0) is 48.7 Å². The molecule has 7 heteroatoms. The van der Waals surface area contributed by atoms with Crippen LogP contribution in [0.5, 0.6) is 11.5 Å². The number of amides is 1. The minimum atomic E-state index is -0.121. The molecule has 0 saturated heterocycles. The smallest absolute Gasteiger partial charge is 0.251 e. The summed E-state index contributed by atoms with van der Waals surface area (Å²) in [6.07, 6.45) is 1.67. The fourth-order valence-electron chi connectivity index (χ4n) is 2.83. The van der Waals surface area contributed by atoms with Crippen molar-refractivity contribution in [2.24, 2.45) is 0 Å². The van der Waals surface area contributed by atoms with E-state index in [1.54, 1.807) is 31.1 Å². The zero-order valence-corrected chi connectivity index (χ0v) is 18.6. The van der Waals surface area contributed by atoms with E-state index in [2.05, 4.69) is 36.0 Å². The van der Waals surface area contributed by atoms with Crippen LogP contribution >= 0.6 is 11.8 Å². The summed E-state index contributed by atoms with van der Waals surface area (Å²) in [7, 11) is 1.62. The molecule has 0 aliphatic rings. The number of carbonyl (C=O) groups is 1. The number of thioether (sulfide) groups is 1. The van der Waals surface area contributed by atoms with Crippen LogP contribution in [-0.2, 0) is 6.54 Å². The lowest BCUT2D eigenvalue weighted by molar-refractivity contribution is 0.0950. The molecule has 0 unspecified atom stereocenters. The predicted octanol–water partition coefficient (Wildman–Crippen LogP) is 3.85. The molecule has 1 amide bonds. The van der Waals surface area contributed by atoms with E-state index in [0.29, 0.717) is 30.2 Å². The third-order valence-electron chi connectivity index (χ3n) is 4.53. The van der Waals surface area contributed by atoms with Crippen LogP contribution in [0, 0.1) is 0 Å². The molecule has 0 saturated carbocycles. The Morgan fingerprint density at radius 1 is 1.14 bits per heavy atom. The summed E-state index contributed by atoms with van der Waals surface area (Å²) >= 11 is 1.61. The Morgan fingerprint density at radius 3 is 2.62 bits per heavy atom. The molecule has 6 nitrogen and oxygen atoms in total. The second-order valence-corrected chi connectivity index (χ2v) is 7.64. The molecule has 1 N–H and O–H groups in total. The number of pyridine rings is 1. The maximum atomic E-state index is 12.4. The van der Waals surface area contributed by atoms with Gasteiger partial charge in [-0.1, -0.05) is 26.8 Å². The number of hydrogen-bond acceptors (Lipinski definition) is 6. The summed E-state index contributed by atoms with van der Waals surface area (Å²) in [6.45, 7) is 10.2. The number of ether oxygens (including phenoxy) is 2. The van der Waals surface area contributed by atoms with Gasteiger partial charge in [0.2, 0.25) is 0 Å². The molecule has 0 aliphatic carbocycles. The maximum Gasteiger partial charge on any atom is 0.251 e. The molecule has 1 aromatic heterocycles. The van der Waals surface area contributed by atoms with Gasteiger partial charge in [-0.2, -0.15) is 0 Å². The van der Waals surface area contributed by atoms with Crippen molar-refractivity contribution in [3.8, 4) is 11.5 Å². The molecule has 0 spiro atoms. The Morgan fingerprint density at radius 2 is 1.93 bits per heavy atom. The first-order valence-corrected chi connectivity index (χ1v) is 11.0. The number of hydrogen-bond donors (Lipinski definition) is 1. The highest BCUT2D eigenvalue weighted by Crippen LogP contribution is 2.28. The van der Waals surface area contributed by atoms with Gasteiger partial charge in [0, 0.05) is 24.8 Å². The second kappa shape index (κ2) is 12.3. The Bertz CT molecular complexity index is 782. The highest BCUT2D eigenvalue weighted by atomic mass is 32.2. The van der Waals surface area contributed by atoms with Crippen molar-refractivity contribution < 1.29 is 14.3 Å². The number of aromatic nitrogens is 1. The minimum absolute atomic E-state index is 0.121. The van der Waals surface area contributed by atoms with Gasteiger partial charge in [0.25, 0.3) is 5.91 Å². The number of benzene rings is 1. The van der Waals surface area contributed by atoms with Crippen LogP contribution in [0.3, 0.4) is 0 Å². The van der Waals surface area contributed by atoms with Crippen molar-refractivity contribution in [2.45, 2.75) is 32.3 Å². The number of nitrogens with one attached hydrogen (secondary N) is 1. The van der Waals surface area contributed by atoms with E-state index in [1.807, 2.05) is 24.3 Å². The molecule has 1 aromatic carbocycles. The highest BCUT2D eigenvalue weighted by molar-refractivity contribution is 7.99. The number of carbonyl (C=O) groups excluding carboxylic acids is 1. The standard InChI is InChI=1S/C22H31N3O3S/c1-5-25(6-2)12-13-28-19-9-8-17(14-20(19)27-4)16-24-22(26)18-10-11-23-21(15-18)29-7-3/h8-11,14-15H,5-7,12-13,16H2,1-4H3,(H,24,26). The maximum absolute atomic E-state index is 12.4. The highest BCUT2D eigenvalue weighted by Gasteiger charge is 2.10. The SMILES string of the molecule is CCSc1cc(C(=O)NCc2ccc(OCCN(CC)CC)c(OC)c2)ccn1. The van der Waals surface area contributed by atoms with Gasteiger partial charge in [0.15, 0.2) is 11.5 Å². The molecule has 0 bridgehead atoms. The number of methoxy groups -OCH3 is 1. The van der Waals surface area contributed by atoms with Crippen LogP contribution < -0.4 is 14.8 Å². The molecular formula is C22H31N3O3S. The lowest BCUT2D eigenvalue weighted by Gasteiger charge is -2.19. The fraction of sp³-hybridized carbons (Fsp3) is 0.455. The van der Waals surface area contributed by atoms with E-state index in [9.17, 15) is 4.79 Å². The van der Waals surface area contributed by atoms with E-state index in [-0.39, 0.29) is 5.91 Å².